The van der Waals surface area contributed by atoms with Crippen LogP contribution in [-0.4, -0.2) is 57.9 Å². The highest BCUT2D eigenvalue weighted by atomic mass is 16.5. The van der Waals surface area contributed by atoms with Crippen LogP contribution in [0.1, 0.15) is 0 Å². The van der Waals surface area contributed by atoms with Crippen LogP contribution in [0.25, 0.3) is 0 Å². The first-order chi connectivity index (χ1) is 10.3. The van der Waals surface area contributed by atoms with E-state index in [9.17, 15) is 0 Å². The van der Waals surface area contributed by atoms with Crippen molar-refractivity contribution in [1.82, 2.24) is 0 Å². The largest absolute Gasteiger partial charge is 0.411 e. The van der Waals surface area contributed by atoms with Gasteiger partial charge in [0.05, 0.1) is 12.4 Å². The molecule has 0 aliphatic carbocycles. The minimum Gasteiger partial charge on any atom is -0.411 e. The van der Waals surface area contributed by atoms with Crippen molar-refractivity contribution in [3.63, 3.8) is 0 Å². The minimum atomic E-state index is 0.637. The molecule has 0 amide bonds. The number of hydrogen-bond donors (Lipinski definition) is 2. The van der Waals surface area contributed by atoms with Gasteiger partial charge in [-0.1, -0.05) is 10.3 Å². The summed E-state index contributed by atoms with van der Waals surface area (Å²) in [5.74, 6) is 0. The first kappa shape index (κ1) is 14.4. The fourth-order valence-electron chi connectivity index (χ4n) is 1.71. The Morgan fingerprint density at radius 2 is 1.38 bits per heavy atom. The van der Waals surface area contributed by atoms with Crippen molar-refractivity contribution in [3.8, 4) is 0 Å². The van der Waals surface area contributed by atoms with E-state index >= 15 is 0 Å². The summed E-state index contributed by atoms with van der Waals surface area (Å²) < 4.78 is 9.07. The van der Waals surface area contributed by atoms with Crippen LogP contribution < -0.4 is 0 Å². The Morgan fingerprint density at radius 3 is 1.71 bits per heavy atom. The van der Waals surface area contributed by atoms with Crippen LogP contribution in [0.2, 0.25) is 0 Å². The maximum Gasteiger partial charge on any atom is 0.338 e. The molecule has 7 heteroatoms. The lowest BCUT2D eigenvalue weighted by Gasteiger charge is -2.01. The lowest BCUT2D eigenvalue weighted by molar-refractivity contribution is -0.460. The Hall–Kier alpha value is -2.96. The van der Waals surface area contributed by atoms with E-state index in [0.29, 0.717) is 13.1 Å². The molecule has 0 aromatic rings. The topological polar surface area (TPSA) is 80.4 Å². The smallest absolute Gasteiger partial charge is 0.338 e. The average molecular weight is 288 g/mol. The van der Waals surface area contributed by atoms with Gasteiger partial charge in [0, 0.05) is 23.3 Å². The molecule has 2 heterocycles. The van der Waals surface area contributed by atoms with E-state index in [0.717, 1.165) is 11.1 Å². The highest BCUT2D eigenvalue weighted by Gasteiger charge is 2.07. The number of hydrogen-bond acceptors (Lipinski definition) is 5. The van der Waals surface area contributed by atoms with E-state index < -0.39 is 0 Å². The number of nitrogens with zero attached hydrogens (tertiary/aromatic N) is 4. The van der Waals surface area contributed by atoms with Gasteiger partial charge in [0.25, 0.3) is 0 Å². The molecule has 0 saturated carbocycles. The molecule has 0 unspecified atom stereocenters. The van der Waals surface area contributed by atoms with E-state index in [4.69, 9.17) is 15.2 Å². The first-order valence-corrected chi connectivity index (χ1v) is 6.27. The predicted molar refractivity (Wildman–Crippen MR) is 78.5 cm³/mol. The summed E-state index contributed by atoms with van der Waals surface area (Å²) in [7, 11) is 0. The van der Waals surface area contributed by atoms with Crippen molar-refractivity contribution in [2.45, 2.75) is 0 Å². The van der Waals surface area contributed by atoms with E-state index in [1.807, 2.05) is 45.9 Å². The molecule has 21 heavy (non-hydrogen) atoms. The maximum absolute atomic E-state index is 8.43. The van der Waals surface area contributed by atoms with Crippen LogP contribution in [0.3, 0.4) is 0 Å². The predicted octanol–water partition coefficient (Wildman–Crippen LogP) is 0.912. The molecule has 0 radical (unpaired) electrons. The van der Waals surface area contributed by atoms with Crippen molar-refractivity contribution in [3.05, 3.63) is 47.9 Å². The summed E-state index contributed by atoms with van der Waals surface area (Å²) in [5, 5.41) is 22.8. The van der Waals surface area contributed by atoms with Gasteiger partial charge >= 0.3 is 12.8 Å². The Kier molecular flexibility index (Phi) is 5.22. The Morgan fingerprint density at radius 1 is 0.905 bits per heavy atom. The molecule has 7 nitrogen and oxygen atoms in total. The molecule has 0 fully saturated rings. The summed E-state index contributed by atoms with van der Waals surface area (Å²) in [5.41, 5.74) is 1.68. The summed E-state index contributed by atoms with van der Waals surface area (Å²) in [6.45, 7) is 1.27. The highest BCUT2D eigenvalue weighted by molar-refractivity contribution is 5.82. The molecule has 0 bridgehead atoms. The van der Waals surface area contributed by atoms with Crippen molar-refractivity contribution < 1.29 is 24.3 Å². The number of ether oxygens (including phenoxy) is 1. The van der Waals surface area contributed by atoms with Crippen molar-refractivity contribution in [2.24, 2.45) is 10.3 Å². The van der Waals surface area contributed by atoms with Gasteiger partial charge in [-0.15, -0.1) is 0 Å². The molecule has 0 spiro atoms. The molecular formula is C14H16N4O3+2. The molecule has 2 aliphatic heterocycles. The second-order valence-electron chi connectivity index (χ2n) is 4.27. The van der Waals surface area contributed by atoms with Crippen LogP contribution in [0.4, 0.5) is 0 Å². The van der Waals surface area contributed by atoms with Gasteiger partial charge in [0.1, 0.15) is 0 Å². The lowest BCUT2D eigenvalue weighted by Crippen LogP contribution is -2.15. The van der Waals surface area contributed by atoms with E-state index in [2.05, 4.69) is 10.3 Å². The summed E-state index contributed by atoms with van der Waals surface area (Å²) in [4.78, 5) is 0. The monoisotopic (exact) mass is 288 g/mol. The molecule has 2 rings (SSSR count). The van der Waals surface area contributed by atoms with E-state index in [1.165, 1.54) is 12.4 Å². The van der Waals surface area contributed by atoms with Gasteiger partial charge in [-0.3, -0.25) is 0 Å². The molecule has 0 saturated heterocycles. The zero-order valence-electron chi connectivity index (χ0n) is 11.3. The highest BCUT2D eigenvalue weighted by Crippen LogP contribution is 2.01. The van der Waals surface area contributed by atoms with Crippen LogP contribution in [0, 0.1) is 0 Å². The average Bonchev–Trinajstić information content (AvgIpc) is 2.51. The second kappa shape index (κ2) is 7.59. The molecular weight excluding hydrogens is 272 g/mol. The molecule has 108 valence electrons. The zero-order valence-corrected chi connectivity index (χ0v) is 11.3. The van der Waals surface area contributed by atoms with Gasteiger partial charge in [-0.2, -0.15) is 9.15 Å². The maximum atomic E-state index is 8.43. The van der Waals surface area contributed by atoms with Crippen molar-refractivity contribution in [2.75, 3.05) is 13.1 Å². The third-order valence-corrected chi connectivity index (χ3v) is 2.80. The van der Waals surface area contributed by atoms with E-state index in [1.54, 1.807) is 12.8 Å². The standard InChI is InChI=1S/C14H14N4O3/c19-15-9-13-1-5-17(6-2-13)11-21-12-18-7-3-14(4-8-18)10-16-20/h1-5,7,9-12H,6,8H2/p+2. The molecule has 2 N–H and O–H groups in total. The van der Waals surface area contributed by atoms with Crippen LogP contribution in [0.15, 0.2) is 58.2 Å². The molecule has 0 aromatic heterocycles. The van der Waals surface area contributed by atoms with Crippen LogP contribution in [0.5, 0.6) is 0 Å². The fourth-order valence-corrected chi connectivity index (χ4v) is 1.71. The molecule has 0 aromatic carbocycles. The van der Waals surface area contributed by atoms with Gasteiger partial charge in [0.15, 0.2) is 25.5 Å². The lowest BCUT2D eigenvalue weighted by atomic mass is 10.2. The van der Waals surface area contributed by atoms with Crippen LogP contribution >= 0.6 is 0 Å². The van der Waals surface area contributed by atoms with Crippen LogP contribution in [-0.2, 0) is 4.74 Å². The quantitative estimate of drug-likeness (QED) is 0.265. The first-order valence-electron chi connectivity index (χ1n) is 6.27. The van der Waals surface area contributed by atoms with Gasteiger partial charge in [-0.25, -0.2) is 0 Å². The summed E-state index contributed by atoms with van der Waals surface area (Å²) in [6.07, 6.45) is 17.0. The van der Waals surface area contributed by atoms with E-state index in [-0.39, 0.29) is 0 Å². The molecule has 0 atom stereocenters. The Bertz CT molecular complexity index is 568. The Balaban J connectivity index is 1.86. The Labute approximate surface area is 121 Å². The number of allylic oxidation sites excluding steroid dienone is 4. The van der Waals surface area contributed by atoms with Gasteiger partial charge < -0.3 is 15.2 Å². The third-order valence-electron chi connectivity index (χ3n) is 2.80. The fraction of sp³-hybridized carbons (Fsp3) is 0.143. The number of oxime groups is 2. The summed E-state index contributed by atoms with van der Waals surface area (Å²) in [6, 6.07) is 0. The summed E-state index contributed by atoms with van der Waals surface area (Å²) >= 11 is 0. The third kappa shape index (κ3) is 4.57. The minimum absolute atomic E-state index is 0.637. The van der Waals surface area contributed by atoms with Crippen molar-refractivity contribution >= 4 is 25.2 Å². The van der Waals surface area contributed by atoms with Gasteiger partial charge in [-0.05, 0) is 12.2 Å². The normalized spacial score (nSPS) is 22.3. The SMILES string of the molecule is ON=CC1=CC[N+](=COC=[N+]2C=CC(C=NO)=CC2)C=C1. The second-order valence-corrected chi connectivity index (χ2v) is 4.27. The van der Waals surface area contributed by atoms with Gasteiger partial charge in [0.2, 0.25) is 0 Å². The van der Waals surface area contributed by atoms with Crippen molar-refractivity contribution in [1.29, 1.82) is 0 Å². The zero-order chi connectivity index (χ0) is 14.9. The molecule has 2 aliphatic rings. The number of rotatable bonds is 4.